The standard InChI is InChI=1S/C19H17N3O2/c1-14-7-5-11-17(20-14)21-19(24)18(23)16-10-6-12-22(16)13-15-8-3-2-4-9-15/h2-12H,13H2,1H3,(H,20,21,24). The van der Waals surface area contributed by atoms with E-state index in [-0.39, 0.29) is 0 Å². The van der Waals surface area contributed by atoms with E-state index in [2.05, 4.69) is 10.3 Å². The third kappa shape index (κ3) is 3.57. The predicted molar refractivity (Wildman–Crippen MR) is 91.9 cm³/mol. The van der Waals surface area contributed by atoms with Crippen molar-refractivity contribution in [1.29, 1.82) is 0 Å². The molecular weight excluding hydrogens is 302 g/mol. The summed E-state index contributed by atoms with van der Waals surface area (Å²) in [6, 6.07) is 18.4. The molecule has 3 rings (SSSR count). The zero-order valence-electron chi connectivity index (χ0n) is 13.3. The van der Waals surface area contributed by atoms with Gasteiger partial charge in [-0.15, -0.1) is 0 Å². The van der Waals surface area contributed by atoms with Gasteiger partial charge in [0.25, 0.3) is 11.7 Å². The summed E-state index contributed by atoms with van der Waals surface area (Å²) >= 11 is 0. The van der Waals surface area contributed by atoms with E-state index in [1.165, 1.54) is 0 Å². The Morgan fingerprint density at radius 1 is 1.00 bits per heavy atom. The number of aromatic nitrogens is 2. The Kier molecular flexibility index (Phi) is 4.52. The number of carbonyl (C=O) groups is 2. The number of ketones is 1. The Morgan fingerprint density at radius 3 is 2.54 bits per heavy atom. The van der Waals surface area contributed by atoms with Crippen LogP contribution < -0.4 is 5.32 Å². The minimum Gasteiger partial charge on any atom is -0.340 e. The van der Waals surface area contributed by atoms with E-state index in [4.69, 9.17) is 0 Å². The van der Waals surface area contributed by atoms with Crippen LogP contribution in [0.3, 0.4) is 0 Å². The highest BCUT2D eigenvalue weighted by Crippen LogP contribution is 2.10. The highest BCUT2D eigenvalue weighted by Gasteiger charge is 2.20. The number of carbonyl (C=O) groups excluding carboxylic acids is 2. The quantitative estimate of drug-likeness (QED) is 0.580. The lowest BCUT2D eigenvalue weighted by Gasteiger charge is -2.09. The van der Waals surface area contributed by atoms with Crippen molar-refractivity contribution in [2.45, 2.75) is 13.5 Å². The minimum absolute atomic E-state index is 0.351. The van der Waals surface area contributed by atoms with Crippen LogP contribution in [-0.4, -0.2) is 21.2 Å². The number of rotatable bonds is 5. The molecule has 0 unspecified atom stereocenters. The molecule has 120 valence electrons. The van der Waals surface area contributed by atoms with Gasteiger partial charge in [-0.1, -0.05) is 36.4 Å². The third-order valence-electron chi connectivity index (χ3n) is 3.59. The molecule has 2 heterocycles. The van der Waals surface area contributed by atoms with Crippen LogP contribution in [0, 0.1) is 6.92 Å². The first kappa shape index (κ1) is 15.7. The van der Waals surface area contributed by atoms with Crippen molar-refractivity contribution in [2.75, 3.05) is 5.32 Å². The monoisotopic (exact) mass is 319 g/mol. The summed E-state index contributed by atoms with van der Waals surface area (Å²) < 4.78 is 1.76. The van der Waals surface area contributed by atoms with E-state index in [9.17, 15) is 9.59 Å². The molecule has 5 nitrogen and oxygen atoms in total. The average molecular weight is 319 g/mol. The lowest BCUT2D eigenvalue weighted by molar-refractivity contribution is -0.112. The molecule has 1 N–H and O–H groups in total. The second-order valence-electron chi connectivity index (χ2n) is 5.45. The number of nitrogens with zero attached hydrogens (tertiary/aromatic N) is 2. The van der Waals surface area contributed by atoms with E-state index < -0.39 is 11.7 Å². The molecule has 0 bridgehead atoms. The zero-order valence-corrected chi connectivity index (χ0v) is 13.3. The maximum Gasteiger partial charge on any atom is 0.299 e. The molecule has 5 heteroatoms. The van der Waals surface area contributed by atoms with Gasteiger partial charge in [-0.25, -0.2) is 4.98 Å². The lowest BCUT2D eigenvalue weighted by atomic mass is 10.2. The normalized spacial score (nSPS) is 10.4. The van der Waals surface area contributed by atoms with Gasteiger partial charge in [-0.05, 0) is 36.8 Å². The highest BCUT2D eigenvalue weighted by atomic mass is 16.2. The van der Waals surface area contributed by atoms with Gasteiger partial charge in [0.1, 0.15) is 5.82 Å². The SMILES string of the molecule is Cc1cccc(NC(=O)C(=O)c2cccn2Cc2ccccc2)n1. The molecule has 0 saturated carbocycles. The highest BCUT2D eigenvalue weighted by molar-refractivity contribution is 6.46. The summed E-state index contributed by atoms with van der Waals surface area (Å²) in [4.78, 5) is 28.8. The Hall–Kier alpha value is -3.21. The maximum absolute atomic E-state index is 12.4. The molecule has 2 aromatic heterocycles. The average Bonchev–Trinajstić information content (AvgIpc) is 3.03. The van der Waals surface area contributed by atoms with Crippen molar-refractivity contribution < 1.29 is 9.59 Å². The summed E-state index contributed by atoms with van der Waals surface area (Å²) in [7, 11) is 0. The minimum atomic E-state index is -0.693. The molecule has 0 radical (unpaired) electrons. The number of amides is 1. The van der Waals surface area contributed by atoms with Crippen molar-refractivity contribution in [2.24, 2.45) is 0 Å². The Morgan fingerprint density at radius 2 is 1.79 bits per heavy atom. The molecule has 0 aliphatic carbocycles. The molecule has 0 spiro atoms. The molecule has 3 aromatic rings. The fraction of sp³-hybridized carbons (Fsp3) is 0.105. The van der Waals surface area contributed by atoms with E-state index in [1.54, 1.807) is 35.0 Å². The van der Waals surface area contributed by atoms with Gasteiger partial charge in [-0.2, -0.15) is 0 Å². The molecule has 0 fully saturated rings. The molecule has 0 saturated heterocycles. The predicted octanol–water partition coefficient (Wildman–Crippen LogP) is 3.06. The van der Waals surface area contributed by atoms with Crippen LogP contribution in [0.2, 0.25) is 0 Å². The second kappa shape index (κ2) is 6.91. The summed E-state index contributed by atoms with van der Waals surface area (Å²) in [5.74, 6) is -0.908. The number of Topliss-reactive ketones (excluding diaryl/α,β-unsaturated/α-hetero) is 1. The number of hydrogen-bond acceptors (Lipinski definition) is 3. The lowest BCUT2D eigenvalue weighted by Crippen LogP contribution is -2.25. The largest absolute Gasteiger partial charge is 0.340 e. The van der Waals surface area contributed by atoms with Gasteiger partial charge in [0, 0.05) is 18.4 Å². The van der Waals surface area contributed by atoms with Gasteiger partial charge in [0.05, 0.1) is 5.69 Å². The van der Waals surface area contributed by atoms with Crippen LogP contribution in [0.1, 0.15) is 21.7 Å². The van der Waals surface area contributed by atoms with E-state index >= 15 is 0 Å². The van der Waals surface area contributed by atoms with Gasteiger partial charge < -0.3 is 9.88 Å². The van der Waals surface area contributed by atoms with Gasteiger partial charge in [0.2, 0.25) is 0 Å². The summed E-state index contributed by atoms with van der Waals surface area (Å²) in [6.45, 7) is 2.35. The van der Waals surface area contributed by atoms with Crippen LogP contribution in [-0.2, 0) is 11.3 Å². The number of nitrogens with one attached hydrogen (secondary N) is 1. The van der Waals surface area contributed by atoms with Crippen molar-refractivity contribution in [1.82, 2.24) is 9.55 Å². The number of anilines is 1. The topological polar surface area (TPSA) is 64.0 Å². The van der Waals surface area contributed by atoms with Gasteiger partial charge in [-0.3, -0.25) is 9.59 Å². The van der Waals surface area contributed by atoms with E-state index in [1.807, 2.05) is 43.3 Å². The number of pyridine rings is 1. The number of hydrogen-bond donors (Lipinski definition) is 1. The summed E-state index contributed by atoms with van der Waals surface area (Å²) in [6.07, 6.45) is 1.79. The van der Waals surface area contributed by atoms with Crippen LogP contribution in [0.4, 0.5) is 5.82 Å². The Labute approximate surface area is 140 Å². The fourth-order valence-electron chi connectivity index (χ4n) is 2.44. The van der Waals surface area contributed by atoms with Gasteiger partial charge >= 0.3 is 0 Å². The first-order valence-electron chi connectivity index (χ1n) is 7.62. The van der Waals surface area contributed by atoms with Gasteiger partial charge in [0.15, 0.2) is 0 Å². The van der Waals surface area contributed by atoms with Crippen LogP contribution in [0.25, 0.3) is 0 Å². The summed E-state index contributed by atoms with van der Waals surface area (Å²) in [5, 5.41) is 2.55. The Balaban J connectivity index is 1.76. The van der Waals surface area contributed by atoms with Crippen LogP contribution in [0.15, 0.2) is 66.9 Å². The second-order valence-corrected chi connectivity index (χ2v) is 5.45. The Bertz CT molecular complexity index is 869. The van der Waals surface area contributed by atoms with Crippen LogP contribution >= 0.6 is 0 Å². The number of benzene rings is 1. The summed E-state index contributed by atoms with van der Waals surface area (Å²) in [5.41, 5.74) is 2.18. The smallest absolute Gasteiger partial charge is 0.299 e. The maximum atomic E-state index is 12.4. The molecule has 0 aliphatic rings. The van der Waals surface area contributed by atoms with Crippen molar-refractivity contribution >= 4 is 17.5 Å². The zero-order chi connectivity index (χ0) is 16.9. The third-order valence-corrected chi connectivity index (χ3v) is 3.59. The molecular formula is C19H17N3O2. The first-order chi connectivity index (χ1) is 11.6. The molecule has 0 atom stereocenters. The van der Waals surface area contributed by atoms with E-state index in [0.29, 0.717) is 18.1 Å². The number of aryl methyl sites for hydroxylation is 1. The van der Waals surface area contributed by atoms with Crippen molar-refractivity contribution in [3.05, 3.63) is 83.8 Å². The molecule has 24 heavy (non-hydrogen) atoms. The molecule has 0 aliphatic heterocycles. The van der Waals surface area contributed by atoms with Crippen LogP contribution in [0.5, 0.6) is 0 Å². The van der Waals surface area contributed by atoms with Crippen molar-refractivity contribution in [3.8, 4) is 0 Å². The first-order valence-corrected chi connectivity index (χ1v) is 7.62. The molecule has 1 aromatic carbocycles. The van der Waals surface area contributed by atoms with Crippen molar-refractivity contribution in [3.63, 3.8) is 0 Å². The fourth-order valence-corrected chi connectivity index (χ4v) is 2.44. The van der Waals surface area contributed by atoms with E-state index in [0.717, 1.165) is 11.3 Å². The molecule has 1 amide bonds.